The number of amides is 1. The molecule has 2 N–H and O–H groups in total. The number of hydrogen-bond donors (Lipinski definition) is 1. The lowest BCUT2D eigenvalue weighted by atomic mass is 10.1. The molecule has 1 aliphatic rings. The Bertz CT molecular complexity index is 674. The molecule has 0 aromatic heterocycles. The molecule has 1 saturated heterocycles. The van der Waals surface area contributed by atoms with Gasteiger partial charge in [0, 0.05) is 24.7 Å². The highest BCUT2D eigenvalue weighted by atomic mass is 32.2. The second kappa shape index (κ2) is 7.18. The zero-order valence-electron chi connectivity index (χ0n) is 13.3. The third-order valence-electron chi connectivity index (χ3n) is 3.94. The molecule has 0 bridgehead atoms. The number of nitrogens with zero attached hydrogens (tertiary/aromatic N) is 1. The molecular formula is C15H22N2O5S. The lowest BCUT2D eigenvalue weighted by Gasteiger charge is -2.17. The summed E-state index contributed by atoms with van der Waals surface area (Å²) in [6.45, 7) is 0.977. The molecule has 1 aromatic carbocycles. The van der Waals surface area contributed by atoms with Crippen LogP contribution in [-0.4, -0.2) is 52.3 Å². The van der Waals surface area contributed by atoms with Crippen molar-refractivity contribution in [1.29, 1.82) is 0 Å². The summed E-state index contributed by atoms with van der Waals surface area (Å²) in [4.78, 5) is 14.1. The summed E-state index contributed by atoms with van der Waals surface area (Å²) in [5.41, 5.74) is 0.771. The fourth-order valence-electron chi connectivity index (χ4n) is 2.80. The number of rotatable bonds is 6. The third kappa shape index (κ3) is 4.84. The molecule has 1 aliphatic heterocycles. The van der Waals surface area contributed by atoms with E-state index in [0.29, 0.717) is 31.0 Å². The van der Waals surface area contributed by atoms with Crippen LogP contribution in [0.1, 0.15) is 12.0 Å². The highest BCUT2D eigenvalue weighted by Crippen LogP contribution is 2.26. The average molecular weight is 342 g/mol. The second-order valence-corrected chi connectivity index (χ2v) is 7.34. The molecule has 1 atom stereocenters. The van der Waals surface area contributed by atoms with Crippen molar-refractivity contribution in [2.24, 2.45) is 11.1 Å². The van der Waals surface area contributed by atoms with E-state index in [0.717, 1.165) is 5.56 Å². The molecule has 2 rings (SSSR count). The minimum absolute atomic E-state index is 0.0506. The summed E-state index contributed by atoms with van der Waals surface area (Å²) in [6.07, 6.45) is 0.858. The maximum absolute atomic E-state index is 12.4. The molecule has 1 aromatic rings. The van der Waals surface area contributed by atoms with E-state index in [1.54, 1.807) is 37.3 Å². The molecule has 7 nitrogen and oxygen atoms in total. The number of methoxy groups -OCH3 is 2. The Kier molecular flexibility index (Phi) is 5.48. The molecule has 0 radical (unpaired) electrons. The van der Waals surface area contributed by atoms with Crippen LogP contribution in [0.5, 0.6) is 11.5 Å². The van der Waals surface area contributed by atoms with E-state index in [1.807, 2.05) is 0 Å². The summed E-state index contributed by atoms with van der Waals surface area (Å²) in [5, 5.41) is 5.07. The molecule has 0 unspecified atom stereocenters. The highest BCUT2D eigenvalue weighted by molar-refractivity contribution is 7.89. The number of carbonyl (C=O) groups excluding carboxylic acids is 1. The summed E-state index contributed by atoms with van der Waals surface area (Å²) in [5.74, 6) is 1.03. The predicted octanol–water partition coefficient (Wildman–Crippen LogP) is 0.383. The van der Waals surface area contributed by atoms with Crippen LogP contribution in [0.15, 0.2) is 18.2 Å². The van der Waals surface area contributed by atoms with Crippen molar-refractivity contribution in [1.82, 2.24) is 4.90 Å². The van der Waals surface area contributed by atoms with Crippen LogP contribution in [0.2, 0.25) is 0 Å². The smallest absolute Gasteiger partial charge is 0.227 e. The van der Waals surface area contributed by atoms with E-state index in [2.05, 4.69) is 0 Å². The lowest BCUT2D eigenvalue weighted by molar-refractivity contribution is -0.129. The summed E-state index contributed by atoms with van der Waals surface area (Å²) in [7, 11) is -0.398. The molecule has 0 spiro atoms. The number of hydrogen-bond acceptors (Lipinski definition) is 5. The van der Waals surface area contributed by atoms with Crippen LogP contribution in [0.25, 0.3) is 0 Å². The van der Waals surface area contributed by atoms with Gasteiger partial charge in [0.1, 0.15) is 11.5 Å². The first kappa shape index (κ1) is 17.6. The predicted molar refractivity (Wildman–Crippen MR) is 85.9 cm³/mol. The van der Waals surface area contributed by atoms with E-state index in [-0.39, 0.29) is 24.0 Å². The van der Waals surface area contributed by atoms with Crippen LogP contribution < -0.4 is 14.6 Å². The van der Waals surface area contributed by atoms with E-state index >= 15 is 0 Å². The van der Waals surface area contributed by atoms with Gasteiger partial charge >= 0.3 is 0 Å². The fraction of sp³-hybridized carbons (Fsp3) is 0.533. The molecule has 128 valence electrons. The Morgan fingerprint density at radius 2 is 2.09 bits per heavy atom. The van der Waals surface area contributed by atoms with Gasteiger partial charge < -0.3 is 14.4 Å². The van der Waals surface area contributed by atoms with Gasteiger partial charge in [0.15, 0.2) is 0 Å². The molecule has 8 heteroatoms. The van der Waals surface area contributed by atoms with Gasteiger partial charge in [0.25, 0.3) is 0 Å². The molecule has 23 heavy (non-hydrogen) atoms. The molecule has 1 heterocycles. The number of benzene rings is 1. The first-order valence-corrected chi connectivity index (χ1v) is 9.03. The van der Waals surface area contributed by atoms with E-state index in [1.165, 1.54) is 0 Å². The SMILES string of the molecule is COc1ccc(CC(=O)N2CC[C@H](CS(N)(=O)=O)C2)c(OC)c1. The van der Waals surface area contributed by atoms with Gasteiger partial charge in [-0.25, -0.2) is 13.6 Å². The Labute approximate surface area is 136 Å². The average Bonchev–Trinajstić information content (AvgIpc) is 2.94. The van der Waals surface area contributed by atoms with Gasteiger partial charge in [-0.15, -0.1) is 0 Å². The van der Waals surface area contributed by atoms with Crippen molar-refractivity contribution in [3.05, 3.63) is 23.8 Å². The molecule has 0 saturated carbocycles. The van der Waals surface area contributed by atoms with Crippen LogP contribution in [0.4, 0.5) is 0 Å². The standard InChI is InChI=1S/C15H22N2O5S/c1-21-13-4-3-12(14(8-13)22-2)7-15(18)17-6-5-11(9-17)10-23(16,19)20/h3-4,8,11H,5-7,9-10H2,1-2H3,(H2,16,19,20)/t11-/m0/s1. The quantitative estimate of drug-likeness (QED) is 0.806. The number of nitrogens with two attached hydrogens (primary N) is 1. The molecule has 1 amide bonds. The van der Waals surface area contributed by atoms with Crippen molar-refractivity contribution < 1.29 is 22.7 Å². The Morgan fingerprint density at radius 1 is 1.35 bits per heavy atom. The van der Waals surface area contributed by atoms with Gasteiger partial charge in [-0.3, -0.25) is 4.79 Å². The van der Waals surface area contributed by atoms with Crippen LogP contribution in [0, 0.1) is 5.92 Å². The third-order valence-corrected chi connectivity index (χ3v) is 4.88. The maximum atomic E-state index is 12.4. The Balaban J connectivity index is 2.00. The normalized spacial score (nSPS) is 18.0. The number of carbonyl (C=O) groups is 1. The maximum Gasteiger partial charge on any atom is 0.227 e. The minimum Gasteiger partial charge on any atom is -0.497 e. The molecular weight excluding hydrogens is 320 g/mol. The summed E-state index contributed by atoms with van der Waals surface area (Å²) >= 11 is 0. The first-order chi connectivity index (χ1) is 10.8. The van der Waals surface area contributed by atoms with Crippen molar-refractivity contribution in [2.75, 3.05) is 33.1 Å². The number of likely N-dealkylation sites (tertiary alicyclic amines) is 1. The van der Waals surface area contributed by atoms with Gasteiger partial charge in [-0.2, -0.15) is 0 Å². The van der Waals surface area contributed by atoms with Crippen molar-refractivity contribution in [3.8, 4) is 11.5 Å². The highest BCUT2D eigenvalue weighted by Gasteiger charge is 2.29. The molecule has 1 fully saturated rings. The zero-order valence-corrected chi connectivity index (χ0v) is 14.1. The van der Waals surface area contributed by atoms with Crippen LogP contribution in [0.3, 0.4) is 0 Å². The molecule has 0 aliphatic carbocycles. The van der Waals surface area contributed by atoms with E-state index in [9.17, 15) is 13.2 Å². The first-order valence-electron chi connectivity index (χ1n) is 7.31. The lowest BCUT2D eigenvalue weighted by Crippen LogP contribution is -2.32. The largest absolute Gasteiger partial charge is 0.497 e. The van der Waals surface area contributed by atoms with Crippen LogP contribution in [-0.2, 0) is 21.2 Å². The summed E-state index contributed by atoms with van der Waals surface area (Å²) < 4.78 is 32.7. The van der Waals surface area contributed by atoms with Gasteiger partial charge in [0.05, 0.1) is 26.4 Å². The number of sulfonamides is 1. The monoisotopic (exact) mass is 342 g/mol. The van der Waals surface area contributed by atoms with Crippen LogP contribution >= 0.6 is 0 Å². The van der Waals surface area contributed by atoms with Gasteiger partial charge in [0.2, 0.25) is 15.9 Å². The fourth-order valence-corrected chi connectivity index (χ4v) is 3.73. The van der Waals surface area contributed by atoms with Crippen molar-refractivity contribution in [3.63, 3.8) is 0 Å². The number of ether oxygens (including phenoxy) is 2. The topological polar surface area (TPSA) is 98.9 Å². The Hall–Kier alpha value is -1.80. The summed E-state index contributed by atoms with van der Waals surface area (Å²) in [6, 6.07) is 5.31. The Morgan fingerprint density at radius 3 is 2.70 bits per heavy atom. The number of primary sulfonamides is 1. The van der Waals surface area contributed by atoms with E-state index < -0.39 is 10.0 Å². The van der Waals surface area contributed by atoms with Crippen molar-refractivity contribution in [2.45, 2.75) is 12.8 Å². The zero-order chi connectivity index (χ0) is 17.0. The second-order valence-electron chi connectivity index (χ2n) is 5.68. The minimum atomic E-state index is -3.51. The van der Waals surface area contributed by atoms with Gasteiger partial charge in [-0.1, -0.05) is 6.07 Å². The van der Waals surface area contributed by atoms with Gasteiger partial charge in [-0.05, 0) is 18.4 Å². The van der Waals surface area contributed by atoms with Crippen molar-refractivity contribution >= 4 is 15.9 Å². The van der Waals surface area contributed by atoms with E-state index in [4.69, 9.17) is 14.6 Å².